The van der Waals surface area contributed by atoms with E-state index in [1.165, 1.54) is 0 Å². The second kappa shape index (κ2) is 6.86. The van der Waals surface area contributed by atoms with E-state index in [1.54, 1.807) is 0 Å². The lowest BCUT2D eigenvalue weighted by Crippen LogP contribution is -2.33. The van der Waals surface area contributed by atoms with Gasteiger partial charge in [-0.1, -0.05) is 12.1 Å². The minimum atomic E-state index is -0.0950. The van der Waals surface area contributed by atoms with Gasteiger partial charge in [-0.15, -0.1) is 0 Å². The number of amides is 2. The normalized spacial score (nSPS) is 16.7. The number of urea groups is 1. The van der Waals surface area contributed by atoms with E-state index in [0.29, 0.717) is 18.9 Å². The molecule has 2 aromatic heterocycles. The highest BCUT2D eigenvalue weighted by Gasteiger charge is 2.28. The highest BCUT2D eigenvalue weighted by molar-refractivity contribution is 5.90. The molecule has 140 valence electrons. The maximum Gasteiger partial charge on any atom is 0.321 e. The highest BCUT2D eigenvalue weighted by atomic mass is 16.2. The molecule has 8 heteroatoms. The van der Waals surface area contributed by atoms with Gasteiger partial charge in [0.2, 0.25) is 0 Å². The fraction of sp³-hybridized carbons (Fsp3) is 0.368. The second-order valence-electron chi connectivity index (χ2n) is 7.02. The molecule has 1 fully saturated rings. The number of hydrogen-bond acceptors (Lipinski definition) is 4. The van der Waals surface area contributed by atoms with E-state index >= 15 is 0 Å². The van der Waals surface area contributed by atoms with Crippen molar-refractivity contribution in [2.45, 2.75) is 33.2 Å². The number of likely N-dealkylation sites (tertiary alicyclic amines) is 1. The lowest BCUT2D eigenvalue weighted by molar-refractivity contribution is 0.220. The standard InChI is InChI=1S/C19H23N7O/c1-12-9-13(2)26(24-12)17-7-8-25(11-17)19(27)21-16-6-4-5-15(10-16)18-20-14(3)22-23-18/h4-6,9-10,17H,7-8,11H2,1-3H3,(H,21,27)(H,20,22,23)/t17-/m0/s1. The molecule has 0 spiro atoms. The quantitative estimate of drug-likeness (QED) is 0.746. The van der Waals surface area contributed by atoms with Gasteiger partial charge < -0.3 is 10.2 Å². The maximum atomic E-state index is 12.7. The molecule has 1 aliphatic heterocycles. The monoisotopic (exact) mass is 365 g/mol. The summed E-state index contributed by atoms with van der Waals surface area (Å²) in [4.78, 5) is 18.9. The first-order chi connectivity index (χ1) is 13.0. The third-order valence-corrected chi connectivity index (χ3v) is 4.81. The van der Waals surface area contributed by atoms with Gasteiger partial charge in [-0.25, -0.2) is 9.78 Å². The van der Waals surface area contributed by atoms with Crippen molar-refractivity contribution in [1.29, 1.82) is 0 Å². The number of nitrogens with zero attached hydrogens (tertiary/aromatic N) is 5. The second-order valence-corrected chi connectivity index (χ2v) is 7.02. The largest absolute Gasteiger partial charge is 0.322 e. The molecule has 0 unspecified atom stereocenters. The lowest BCUT2D eigenvalue weighted by Gasteiger charge is -2.18. The summed E-state index contributed by atoms with van der Waals surface area (Å²) in [6.45, 7) is 7.28. The van der Waals surface area contributed by atoms with E-state index in [4.69, 9.17) is 0 Å². The third kappa shape index (κ3) is 3.55. The molecule has 4 rings (SSSR count). The predicted molar refractivity (Wildman–Crippen MR) is 103 cm³/mol. The highest BCUT2D eigenvalue weighted by Crippen LogP contribution is 2.24. The average molecular weight is 365 g/mol. The number of carbonyl (C=O) groups excluding carboxylic acids is 1. The van der Waals surface area contributed by atoms with Crippen molar-refractivity contribution < 1.29 is 4.79 Å². The molecule has 1 saturated heterocycles. The Morgan fingerprint density at radius 2 is 2.11 bits per heavy atom. The van der Waals surface area contributed by atoms with Crippen LogP contribution in [0.3, 0.4) is 0 Å². The summed E-state index contributed by atoms with van der Waals surface area (Å²) >= 11 is 0. The Hall–Kier alpha value is -3.16. The van der Waals surface area contributed by atoms with Crippen LogP contribution in [0.2, 0.25) is 0 Å². The summed E-state index contributed by atoms with van der Waals surface area (Å²) in [6.07, 6.45) is 0.909. The third-order valence-electron chi connectivity index (χ3n) is 4.81. The molecule has 1 atom stereocenters. The maximum absolute atomic E-state index is 12.7. The number of aromatic nitrogens is 5. The van der Waals surface area contributed by atoms with E-state index in [1.807, 2.05) is 47.7 Å². The molecule has 27 heavy (non-hydrogen) atoms. The molecule has 0 radical (unpaired) electrons. The van der Waals surface area contributed by atoms with Crippen molar-refractivity contribution in [1.82, 2.24) is 29.9 Å². The molecule has 1 aromatic carbocycles. The molecule has 0 saturated carbocycles. The van der Waals surface area contributed by atoms with Crippen molar-refractivity contribution in [3.63, 3.8) is 0 Å². The number of hydrogen-bond donors (Lipinski definition) is 2. The van der Waals surface area contributed by atoms with E-state index in [-0.39, 0.29) is 12.1 Å². The van der Waals surface area contributed by atoms with Gasteiger partial charge in [0.05, 0.1) is 11.7 Å². The van der Waals surface area contributed by atoms with Gasteiger partial charge in [0.25, 0.3) is 0 Å². The van der Waals surface area contributed by atoms with Crippen LogP contribution in [0.15, 0.2) is 30.3 Å². The van der Waals surface area contributed by atoms with E-state index in [0.717, 1.165) is 34.9 Å². The zero-order valence-electron chi connectivity index (χ0n) is 15.7. The Kier molecular flexibility index (Phi) is 4.39. The van der Waals surface area contributed by atoms with Crippen molar-refractivity contribution in [2.75, 3.05) is 18.4 Å². The zero-order valence-corrected chi connectivity index (χ0v) is 15.7. The van der Waals surface area contributed by atoms with Crippen molar-refractivity contribution >= 4 is 11.7 Å². The Morgan fingerprint density at radius 3 is 2.81 bits per heavy atom. The SMILES string of the molecule is Cc1cc(C)n([C@H]2CCN(C(=O)Nc3cccc(-c4n[nH]c(C)n4)c3)C2)n1. The zero-order chi connectivity index (χ0) is 19.0. The van der Waals surface area contributed by atoms with Crippen LogP contribution in [-0.4, -0.2) is 49.0 Å². The number of H-pyrrole nitrogens is 1. The van der Waals surface area contributed by atoms with Crippen molar-refractivity contribution in [3.8, 4) is 11.4 Å². The van der Waals surface area contributed by atoms with Crippen LogP contribution in [0.4, 0.5) is 10.5 Å². The van der Waals surface area contributed by atoms with Crippen LogP contribution in [-0.2, 0) is 0 Å². The van der Waals surface area contributed by atoms with Gasteiger partial charge in [0.1, 0.15) is 5.82 Å². The van der Waals surface area contributed by atoms with E-state index < -0.39 is 0 Å². The van der Waals surface area contributed by atoms with Crippen LogP contribution >= 0.6 is 0 Å². The van der Waals surface area contributed by atoms with Gasteiger partial charge >= 0.3 is 6.03 Å². The average Bonchev–Trinajstić information content (AvgIpc) is 3.35. The first kappa shape index (κ1) is 17.3. The van der Waals surface area contributed by atoms with Crippen molar-refractivity contribution in [2.24, 2.45) is 0 Å². The summed E-state index contributed by atoms with van der Waals surface area (Å²) in [5.41, 5.74) is 3.73. The predicted octanol–water partition coefficient (Wildman–Crippen LogP) is 3.07. The van der Waals surface area contributed by atoms with Crippen LogP contribution in [0.1, 0.15) is 29.7 Å². The molecule has 8 nitrogen and oxygen atoms in total. The Bertz CT molecular complexity index is 974. The fourth-order valence-electron chi connectivity index (χ4n) is 3.55. The van der Waals surface area contributed by atoms with Gasteiger partial charge in [-0.2, -0.15) is 10.2 Å². The van der Waals surface area contributed by atoms with Crippen molar-refractivity contribution in [3.05, 3.63) is 47.5 Å². The molecule has 2 amide bonds. The minimum Gasteiger partial charge on any atom is -0.322 e. The summed E-state index contributed by atoms with van der Waals surface area (Å²) in [5.74, 6) is 1.38. The van der Waals surface area contributed by atoms with E-state index in [2.05, 4.69) is 38.6 Å². The van der Waals surface area contributed by atoms with Crippen LogP contribution < -0.4 is 5.32 Å². The summed E-state index contributed by atoms with van der Waals surface area (Å²) < 4.78 is 2.04. The molecule has 1 aliphatic rings. The lowest BCUT2D eigenvalue weighted by atomic mass is 10.2. The van der Waals surface area contributed by atoms with Gasteiger partial charge in [-0.05, 0) is 45.4 Å². The Labute approximate surface area is 157 Å². The number of aryl methyl sites for hydroxylation is 3. The number of anilines is 1. The molecule has 3 aromatic rings. The topological polar surface area (TPSA) is 91.7 Å². The number of rotatable bonds is 3. The first-order valence-electron chi connectivity index (χ1n) is 9.08. The number of aromatic amines is 1. The van der Waals surface area contributed by atoms with Crippen LogP contribution in [0.5, 0.6) is 0 Å². The molecular weight excluding hydrogens is 342 g/mol. The summed E-state index contributed by atoms with van der Waals surface area (Å²) in [5, 5.41) is 14.5. The molecule has 0 aliphatic carbocycles. The Morgan fingerprint density at radius 1 is 1.26 bits per heavy atom. The number of benzene rings is 1. The summed E-state index contributed by atoms with van der Waals surface area (Å²) in [6, 6.07) is 9.77. The molecule has 3 heterocycles. The van der Waals surface area contributed by atoms with Crippen LogP contribution in [0, 0.1) is 20.8 Å². The number of nitrogens with one attached hydrogen (secondary N) is 2. The van der Waals surface area contributed by atoms with Gasteiger partial charge in [0, 0.05) is 30.0 Å². The molecule has 2 N–H and O–H groups in total. The Balaban J connectivity index is 1.43. The molecular formula is C19H23N7O. The first-order valence-corrected chi connectivity index (χ1v) is 9.08. The van der Waals surface area contributed by atoms with Gasteiger partial charge in [-0.3, -0.25) is 9.78 Å². The summed E-state index contributed by atoms with van der Waals surface area (Å²) in [7, 11) is 0. The fourth-order valence-corrected chi connectivity index (χ4v) is 3.55. The van der Waals surface area contributed by atoms with E-state index in [9.17, 15) is 4.79 Å². The smallest absolute Gasteiger partial charge is 0.321 e. The minimum absolute atomic E-state index is 0.0950. The number of carbonyl (C=O) groups is 1. The molecule has 0 bridgehead atoms. The van der Waals surface area contributed by atoms with Gasteiger partial charge in [0.15, 0.2) is 5.82 Å². The van der Waals surface area contributed by atoms with Crippen LogP contribution in [0.25, 0.3) is 11.4 Å².